The summed E-state index contributed by atoms with van der Waals surface area (Å²) in [5.74, 6) is -0.170. The zero-order valence-electron chi connectivity index (χ0n) is 12.2. The summed E-state index contributed by atoms with van der Waals surface area (Å²) in [5, 5.41) is 0. The predicted octanol–water partition coefficient (Wildman–Crippen LogP) is 5.93. The van der Waals surface area contributed by atoms with Crippen LogP contribution in [0, 0.1) is 0 Å². The number of rotatable bonds is 5. The minimum Gasteiger partial charge on any atom is -0.696 e. The molecule has 0 aromatic heterocycles. The van der Waals surface area contributed by atoms with Crippen molar-refractivity contribution < 1.29 is 39.7 Å². The van der Waals surface area contributed by atoms with E-state index >= 15 is 0 Å². The van der Waals surface area contributed by atoms with Gasteiger partial charge in [-0.1, -0.05) is 35.6 Å². The molecule has 0 saturated heterocycles. The Balaban J connectivity index is 0.00000208. The number of ether oxygens (including phenoxy) is 2. The first-order chi connectivity index (χ1) is 10.9. The largest absolute Gasteiger partial charge is 0.696 e. The summed E-state index contributed by atoms with van der Waals surface area (Å²) in [4.78, 5) is 0.609. The van der Waals surface area contributed by atoms with Crippen LogP contribution in [0.3, 0.4) is 0 Å². The molecule has 2 aromatic carbocycles. The van der Waals surface area contributed by atoms with Gasteiger partial charge >= 0.3 is 6.36 Å². The van der Waals surface area contributed by atoms with Crippen molar-refractivity contribution in [3.05, 3.63) is 54.3 Å². The van der Waals surface area contributed by atoms with Crippen molar-refractivity contribution in [2.75, 3.05) is 0 Å². The van der Waals surface area contributed by atoms with Crippen LogP contribution in [0.2, 0.25) is 0 Å². The van der Waals surface area contributed by atoms with Gasteiger partial charge in [0, 0.05) is 34.8 Å². The van der Waals surface area contributed by atoms with Crippen molar-refractivity contribution in [3.8, 4) is 11.5 Å². The van der Waals surface area contributed by atoms with Crippen LogP contribution in [0.4, 0.5) is 18.9 Å². The Morgan fingerprint density at radius 1 is 1.04 bits per heavy atom. The molecular weight excluding hydrogens is 383 g/mol. The van der Waals surface area contributed by atoms with Crippen LogP contribution in [0.25, 0.3) is 5.73 Å². The topological polar surface area (TPSA) is 42.3 Å². The molecule has 0 bridgehead atoms. The van der Waals surface area contributed by atoms with E-state index in [4.69, 9.17) is 10.5 Å². The molecule has 1 N–H and O–H groups in total. The van der Waals surface area contributed by atoms with Crippen molar-refractivity contribution >= 4 is 17.4 Å². The Morgan fingerprint density at radius 2 is 1.71 bits per heavy atom. The molecule has 3 rings (SSSR count). The standard InChI is InChI=1S/C16H13F3NO2S.Fe/c17-16(18,19)21-11-6-7-14(13(20)10-11)22-15(8-9-15)23-12-4-2-1-3-5-12;/h1-7,10,20H,8-9H2;/q-1;. The molecule has 1 fully saturated rings. The number of halogens is 3. The van der Waals surface area contributed by atoms with E-state index in [1.807, 2.05) is 30.3 Å². The van der Waals surface area contributed by atoms with Crippen LogP contribution < -0.4 is 9.47 Å². The van der Waals surface area contributed by atoms with E-state index in [1.54, 1.807) is 11.8 Å². The SMILES string of the molecule is [Fe].[NH-]c1cc(OC(F)(F)F)ccc1OC1(Sc2ccccc2)CC1. The zero-order valence-corrected chi connectivity index (χ0v) is 14.2. The van der Waals surface area contributed by atoms with Gasteiger partial charge in [0.25, 0.3) is 0 Å². The molecule has 0 radical (unpaired) electrons. The second-order valence-corrected chi connectivity index (χ2v) is 6.55. The van der Waals surface area contributed by atoms with Crippen molar-refractivity contribution in [2.45, 2.75) is 29.0 Å². The summed E-state index contributed by atoms with van der Waals surface area (Å²) in [6.45, 7) is 0. The maximum atomic E-state index is 12.2. The maximum absolute atomic E-state index is 12.2. The Bertz CT molecular complexity index is 693. The molecule has 0 unspecified atom stereocenters. The van der Waals surface area contributed by atoms with Crippen LogP contribution in [-0.2, 0) is 17.1 Å². The van der Waals surface area contributed by atoms with E-state index in [1.165, 1.54) is 6.07 Å². The third-order valence-electron chi connectivity index (χ3n) is 3.19. The van der Waals surface area contributed by atoms with E-state index in [0.717, 1.165) is 29.9 Å². The molecule has 1 aliphatic carbocycles. The number of thioether (sulfide) groups is 1. The molecule has 0 amide bonds. The minimum atomic E-state index is -4.77. The summed E-state index contributed by atoms with van der Waals surface area (Å²) in [6.07, 6.45) is -3.12. The molecule has 0 atom stereocenters. The predicted molar refractivity (Wildman–Crippen MR) is 82.0 cm³/mol. The van der Waals surface area contributed by atoms with Crippen LogP contribution in [-0.4, -0.2) is 11.3 Å². The summed E-state index contributed by atoms with van der Waals surface area (Å²) in [6, 6.07) is 13.2. The van der Waals surface area contributed by atoms with Crippen LogP contribution >= 0.6 is 11.8 Å². The Kier molecular flexibility index (Phi) is 5.63. The van der Waals surface area contributed by atoms with Gasteiger partial charge in [0.15, 0.2) is 4.93 Å². The summed E-state index contributed by atoms with van der Waals surface area (Å²) in [5.41, 5.74) is 7.69. The number of benzene rings is 2. The van der Waals surface area contributed by atoms with Gasteiger partial charge in [0.2, 0.25) is 0 Å². The molecule has 2 aromatic rings. The third kappa shape index (κ3) is 5.00. The molecule has 1 aliphatic rings. The van der Waals surface area contributed by atoms with Gasteiger partial charge in [-0.15, -0.1) is 13.2 Å². The third-order valence-corrected chi connectivity index (χ3v) is 4.56. The van der Waals surface area contributed by atoms with Gasteiger partial charge in [-0.3, -0.25) is 0 Å². The molecule has 0 spiro atoms. The van der Waals surface area contributed by atoms with Crippen LogP contribution in [0.15, 0.2) is 53.4 Å². The van der Waals surface area contributed by atoms with Crippen molar-refractivity contribution in [3.63, 3.8) is 0 Å². The first-order valence-corrected chi connectivity index (χ1v) is 7.71. The molecule has 8 heteroatoms. The summed E-state index contributed by atoms with van der Waals surface area (Å²) in [7, 11) is 0. The zero-order chi connectivity index (χ0) is 16.5. The van der Waals surface area contributed by atoms with E-state index in [0.29, 0.717) is 0 Å². The van der Waals surface area contributed by atoms with Gasteiger partial charge in [0.05, 0.1) is 0 Å². The first-order valence-electron chi connectivity index (χ1n) is 6.90. The van der Waals surface area contributed by atoms with Gasteiger partial charge in [0.1, 0.15) is 11.5 Å². The molecule has 0 aliphatic heterocycles. The van der Waals surface area contributed by atoms with E-state index in [9.17, 15) is 13.2 Å². The number of hydrogen-bond acceptors (Lipinski definition) is 3. The van der Waals surface area contributed by atoms with Gasteiger partial charge in [-0.25, -0.2) is 0 Å². The average molecular weight is 396 g/mol. The monoisotopic (exact) mass is 396 g/mol. The average Bonchev–Trinajstić information content (AvgIpc) is 3.21. The van der Waals surface area contributed by atoms with Crippen LogP contribution in [0.5, 0.6) is 11.5 Å². The first kappa shape index (κ1) is 18.8. The smallest absolute Gasteiger partial charge is 0.573 e. The minimum absolute atomic E-state index is 0. The summed E-state index contributed by atoms with van der Waals surface area (Å²) >= 11 is 1.56. The van der Waals surface area contributed by atoms with Gasteiger partial charge in [-0.2, -0.15) is 0 Å². The Labute approximate surface area is 152 Å². The van der Waals surface area contributed by atoms with E-state index < -0.39 is 17.0 Å². The van der Waals surface area contributed by atoms with Crippen molar-refractivity contribution in [1.29, 1.82) is 0 Å². The van der Waals surface area contributed by atoms with E-state index in [-0.39, 0.29) is 28.5 Å². The summed E-state index contributed by atoms with van der Waals surface area (Å²) < 4.78 is 46.2. The van der Waals surface area contributed by atoms with Crippen LogP contribution in [0.1, 0.15) is 12.8 Å². The molecule has 24 heavy (non-hydrogen) atoms. The normalized spacial score (nSPS) is 15.3. The second kappa shape index (κ2) is 7.17. The van der Waals surface area contributed by atoms with E-state index in [2.05, 4.69) is 4.74 Å². The maximum Gasteiger partial charge on any atom is 0.573 e. The molecule has 0 heterocycles. The molecular formula is C16H13F3FeNO2S-. The number of alkyl halides is 3. The Hall–Kier alpha value is -1.50. The number of hydrogen-bond donors (Lipinski definition) is 0. The van der Waals surface area contributed by atoms with Gasteiger partial charge < -0.3 is 15.2 Å². The number of nitrogens with one attached hydrogen (secondary N) is 1. The fourth-order valence-electron chi connectivity index (χ4n) is 2.03. The van der Waals surface area contributed by atoms with Crippen molar-refractivity contribution in [1.82, 2.24) is 0 Å². The fraction of sp³-hybridized carbons (Fsp3) is 0.250. The van der Waals surface area contributed by atoms with Crippen molar-refractivity contribution in [2.24, 2.45) is 0 Å². The quantitative estimate of drug-likeness (QED) is 0.465. The van der Waals surface area contributed by atoms with Gasteiger partial charge in [-0.05, 0) is 30.3 Å². The molecule has 3 nitrogen and oxygen atoms in total. The molecule has 1 saturated carbocycles. The molecule has 130 valence electrons. The fourth-order valence-corrected chi connectivity index (χ4v) is 3.19. The Morgan fingerprint density at radius 3 is 2.25 bits per heavy atom. The second-order valence-electron chi connectivity index (χ2n) is 5.13.